The van der Waals surface area contributed by atoms with E-state index in [1.54, 1.807) is 24.3 Å². The minimum Gasteiger partial charge on any atom is -0.326 e. The minimum atomic E-state index is -3.59. The van der Waals surface area contributed by atoms with E-state index in [4.69, 9.17) is 5.73 Å². The lowest BCUT2D eigenvalue weighted by atomic mass is 10.2. The van der Waals surface area contributed by atoms with E-state index in [2.05, 4.69) is 4.98 Å². The number of rotatable bonds is 4. The number of sulfonamides is 1. The molecule has 0 fully saturated rings. The monoisotopic (exact) mass is 277 g/mol. The zero-order chi connectivity index (χ0) is 13.9. The first-order valence-corrected chi connectivity index (χ1v) is 7.17. The van der Waals surface area contributed by atoms with E-state index in [0.29, 0.717) is 12.2 Å². The number of anilines is 1. The van der Waals surface area contributed by atoms with Gasteiger partial charge in [0.05, 0.1) is 5.69 Å². The molecule has 5 nitrogen and oxygen atoms in total. The molecule has 0 aliphatic carbocycles. The molecule has 2 rings (SSSR count). The number of pyridine rings is 1. The van der Waals surface area contributed by atoms with Gasteiger partial charge in [-0.15, -0.1) is 0 Å². The maximum Gasteiger partial charge on any atom is 0.265 e. The molecule has 0 aliphatic heterocycles. The van der Waals surface area contributed by atoms with Crippen molar-refractivity contribution in [1.82, 2.24) is 4.98 Å². The van der Waals surface area contributed by atoms with Crippen LogP contribution in [-0.4, -0.2) is 20.4 Å². The zero-order valence-corrected chi connectivity index (χ0v) is 11.3. The largest absolute Gasteiger partial charge is 0.326 e. The fraction of sp³-hybridized carbons (Fsp3) is 0.154. The van der Waals surface area contributed by atoms with Gasteiger partial charge in [-0.25, -0.2) is 8.42 Å². The average molecular weight is 277 g/mol. The Morgan fingerprint density at radius 1 is 1.26 bits per heavy atom. The molecule has 0 unspecified atom stereocenters. The summed E-state index contributed by atoms with van der Waals surface area (Å²) in [6.45, 7) is 0.370. The van der Waals surface area contributed by atoms with Crippen LogP contribution in [0.25, 0.3) is 0 Å². The normalized spacial score (nSPS) is 11.3. The Morgan fingerprint density at radius 3 is 2.68 bits per heavy atom. The smallest absolute Gasteiger partial charge is 0.265 e. The van der Waals surface area contributed by atoms with Crippen molar-refractivity contribution in [2.24, 2.45) is 5.73 Å². The number of nitrogens with zero attached hydrogens (tertiary/aromatic N) is 2. The summed E-state index contributed by atoms with van der Waals surface area (Å²) < 4.78 is 26.0. The quantitative estimate of drug-likeness (QED) is 0.915. The van der Waals surface area contributed by atoms with Crippen molar-refractivity contribution in [2.45, 2.75) is 11.4 Å². The molecule has 6 heteroatoms. The van der Waals surface area contributed by atoms with Gasteiger partial charge >= 0.3 is 0 Å². The van der Waals surface area contributed by atoms with Gasteiger partial charge < -0.3 is 5.73 Å². The second-order valence-electron chi connectivity index (χ2n) is 4.04. The van der Waals surface area contributed by atoms with Crippen molar-refractivity contribution in [3.63, 3.8) is 0 Å². The first-order chi connectivity index (χ1) is 9.05. The van der Waals surface area contributed by atoms with Gasteiger partial charge in [0.15, 0.2) is 0 Å². The SMILES string of the molecule is CN(c1cccc(CN)c1)S(=O)(=O)c1cccnc1. The first-order valence-electron chi connectivity index (χ1n) is 5.73. The topological polar surface area (TPSA) is 76.3 Å². The summed E-state index contributed by atoms with van der Waals surface area (Å²) >= 11 is 0. The van der Waals surface area contributed by atoms with Crippen molar-refractivity contribution in [2.75, 3.05) is 11.4 Å². The van der Waals surface area contributed by atoms with Gasteiger partial charge in [0, 0.05) is 26.0 Å². The molecule has 0 saturated heterocycles. The molecule has 0 amide bonds. The molecule has 0 spiro atoms. The number of aromatic nitrogens is 1. The second-order valence-corrected chi connectivity index (χ2v) is 6.00. The summed E-state index contributed by atoms with van der Waals surface area (Å²) in [6, 6.07) is 10.2. The van der Waals surface area contributed by atoms with Crippen molar-refractivity contribution < 1.29 is 8.42 Å². The molecule has 0 saturated carbocycles. The zero-order valence-electron chi connectivity index (χ0n) is 10.5. The van der Waals surface area contributed by atoms with Crippen LogP contribution in [0.2, 0.25) is 0 Å². The van der Waals surface area contributed by atoms with E-state index in [9.17, 15) is 8.42 Å². The second kappa shape index (κ2) is 5.38. The third-order valence-electron chi connectivity index (χ3n) is 2.80. The van der Waals surface area contributed by atoms with E-state index in [1.807, 2.05) is 6.07 Å². The van der Waals surface area contributed by atoms with Crippen molar-refractivity contribution in [1.29, 1.82) is 0 Å². The Hall–Kier alpha value is -1.92. The fourth-order valence-corrected chi connectivity index (χ4v) is 2.83. The average Bonchev–Trinajstić information content (AvgIpc) is 2.47. The molecule has 100 valence electrons. The lowest BCUT2D eigenvalue weighted by Crippen LogP contribution is -2.26. The van der Waals surface area contributed by atoms with Crippen molar-refractivity contribution in [3.8, 4) is 0 Å². The highest BCUT2D eigenvalue weighted by molar-refractivity contribution is 7.92. The molecule has 1 aromatic carbocycles. The number of nitrogens with two attached hydrogens (primary N) is 1. The third kappa shape index (κ3) is 2.74. The van der Waals surface area contributed by atoms with E-state index < -0.39 is 10.0 Å². The summed E-state index contributed by atoms with van der Waals surface area (Å²) in [5.74, 6) is 0. The molecule has 1 heterocycles. The molecule has 0 radical (unpaired) electrons. The van der Waals surface area contributed by atoms with Crippen LogP contribution in [0.3, 0.4) is 0 Å². The Balaban J connectivity index is 2.40. The lowest BCUT2D eigenvalue weighted by Gasteiger charge is -2.19. The number of hydrogen-bond donors (Lipinski definition) is 1. The molecule has 2 aromatic rings. The molecule has 0 bridgehead atoms. The maximum absolute atomic E-state index is 12.4. The van der Waals surface area contributed by atoms with Gasteiger partial charge in [0.2, 0.25) is 0 Å². The Labute approximate surface area is 112 Å². The summed E-state index contributed by atoms with van der Waals surface area (Å²) in [6.07, 6.45) is 2.87. The molecule has 2 N–H and O–H groups in total. The van der Waals surface area contributed by atoms with Gasteiger partial charge in [-0.1, -0.05) is 12.1 Å². The van der Waals surface area contributed by atoms with Gasteiger partial charge in [0.25, 0.3) is 10.0 Å². The lowest BCUT2D eigenvalue weighted by molar-refractivity contribution is 0.594. The number of hydrogen-bond acceptors (Lipinski definition) is 4. The van der Waals surface area contributed by atoms with E-state index >= 15 is 0 Å². The molecule has 1 aromatic heterocycles. The highest BCUT2D eigenvalue weighted by atomic mass is 32.2. The third-order valence-corrected chi connectivity index (χ3v) is 4.57. The van der Waals surface area contributed by atoms with Crippen LogP contribution in [0.15, 0.2) is 53.7 Å². The van der Waals surface area contributed by atoms with E-state index in [-0.39, 0.29) is 4.90 Å². The van der Waals surface area contributed by atoms with Crippen LogP contribution in [0.4, 0.5) is 5.69 Å². The Bertz CT molecular complexity index is 657. The summed E-state index contributed by atoms with van der Waals surface area (Å²) in [5.41, 5.74) is 7.02. The predicted octanol–water partition coefficient (Wildman–Crippen LogP) is 1.37. The predicted molar refractivity (Wildman–Crippen MR) is 74.2 cm³/mol. The highest BCUT2D eigenvalue weighted by Gasteiger charge is 2.21. The van der Waals surface area contributed by atoms with E-state index in [0.717, 1.165) is 5.56 Å². The number of benzene rings is 1. The minimum absolute atomic E-state index is 0.163. The fourth-order valence-electron chi connectivity index (χ4n) is 1.68. The first kappa shape index (κ1) is 13.5. The summed E-state index contributed by atoms with van der Waals surface area (Å²) in [5, 5.41) is 0. The van der Waals surface area contributed by atoms with Gasteiger partial charge in [-0.05, 0) is 29.8 Å². The van der Waals surface area contributed by atoms with Crippen LogP contribution in [0, 0.1) is 0 Å². The van der Waals surface area contributed by atoms with E-state index in [1.165, 1.54) is 29.8 Å². The van der Waals surface area contributed by atoms with Crippen LogP contribution >= 0.6 is 0 Å². The Kier molecular flexibility index (Phi) is 3.82. The van der Waals surface area contributed by atoms with Crippen LogP contribution < -0.4 is 10.0 Å². The van der Waals surface area contributed by atoms with Crippen LogP contribution in [0.5, 0.6) is 0 Å². The molecule has 19 heavy (non-hydrogen) atoms. The Morgan fingerprint density at radius 2 is 2.05 bits per heavy atom. The van der Waals surface area contributed by atoms with Crippen LogP contribution in [0.1, 0.15) is 5.56 Å². The van der Waals surface area contributed by atoms with Crippen LogP contribution in [-0.2, 0) is 16.6 Å². The van der Waals surface area contributed by atoms with Crippen molar-refractivity contribution >= 4 is 15.7 Å². The van der Waals surface area contributed by atoms with Gasteiger partial charge in [-0.2, -0.15) is 0 Å². The molecule has 0 atom stereocenters. The summed E-state index contributed by atoms with van der Waals surface area (Å²) in [7, 11) is -2.08. The van der Waals surface area contributed by atoms with Gasteiger partial charge in [-0.3, -0.25) is 9.29 Å². The maximum atomic E-state index is 12.4. The summed E-state index contributed by atoms with van der Waals surface area (Å²) in [4.78, 5) is 4.00. The van der Waals surface area contributed by atoms with Crippen molar-refractivity contribution in [3.05, 3.63) is 54.4 Å². The van der Waals surface area contributed by atoms with Gasteiger partial charge in [0.1, 0.15) is 4.90 Å². The highest BCUT2D eigenvalue weighted by Crippen LogP contribution is 2.22. The molecular formula is C13H15N3O2S. The standard InChI is InChI=1S/C13H15N3O2S/c1-16(12-5-2-4-11(8-12)9-14)19(17,18)13-6-3-7-15-10-13/h2-8,10H,9,14H2,1H3. The molecular weight excluding hydrogens is 262 g/mol. The molecule has 0 aliphatic rings.